The van der Waals surface area contributed by atoms with Gasteiger partial charge in [-0.25, -0.2) is 0 Å². The van der Waals surface area contributed by atoms with Crippen molar-refractivity contribution in [2.75, 3.05) is 13.3 Å². The van der Waals surface area contributed by atoms with Crippen LogP contribution in [0.4, 0.5) is 0 Å². The molecule has 0 saturated heterocycles. The van der Waals surface area contributed by atoms with Crippen LogP contribution in [-0.2, 0) is 9.53 Å². The molecule has 23 heavy (non-hydrogen) atoms. The first kappa shape index (κ1) is 16.6. The van der Waals surface area contributed by atoms with Crippen molar-refractivity contribution in [3.05, 3.63) is 39.6 Å². The van der Waals surface area contributed by atoms with E-state index in [1.165, 1.54) is 0 Å². The fraction of sp³-hybridized carbons (Fsp3) is 0.471. The normalized spacial score (nSPS) is 20.1. The molecule has 2 aliphatic rings. The fourth-order valence-electron chi connectivity index (χ4n) is 3.56. The zero-order valence-corrected chi connectivity index (χ0v) is 14.5. The van der Waals surface area contributed by atoms with Crippen molar-refractivity contribution < 1.29 is 14.6 Å². The van der Waals surface area contributed by atoms with Gasteiger partial charge in [-0.15, -0.1) is 0 Å². The van der Waals surface area contributed by atoms with E-state index in [0.29, 0.717) is 22.2 Å². The van der Waals surface area contributed by atoms with Crippen LogP contribution in [0.15, 0.2) is 24.0 Å². The van der Waals surface area contributed by atoms with Crippen LogP contribution in [0.25, 0.3) is 5.57 Å². The first-order valence-corrected chi connectivity index (χ1v) is 8.55. The molecule has 124 valence electrons. The number of hydrogen-bond acceptors (Lipinski definition) is 3. The summed E-state index contributed by atoms with van der Waals surface area (Å²) in [5, 5.41) is 11.7. The van der Waals surface area contributed by atoms with E-state index in [2.05, 4.69) is 0 Å². The Labute approximate surface area is 145 Å². The Morgan fingerprint density at radius 2 is 2.00 bits per heavy atom. The number of ether oxygens (including phenoxy) is 1. The lowest BCUT2D eigenvalue weighted by atomic mass is 9.93. The molecular weight excluding hydrogens is 337 g/mol. The van der Waals surface area contributed by atoms with Crippen LogP contribution in [0.1, 0.15) is 38.2 Å². The van der Waals surface area contributed by atoms with E-state index >= 15 is 0 Å². The standard InChI is InChI=1S/C17H19Cl2NO3/c1-2-23-10-20-16(22)14(12-6-5-11(18)9-13(12)19)15(21)17(20)7-3-4-8-17/h5-6,9,21H,2-4,7-8,10H2,1H3. The molecule has 0 bridgehead atoms. The number of carbonyl (C=O) groups excluding carboxylic acids is 1. The second-order valence-electron chi connectivity index (χ2n) is 5.94. The summed E-state index contributed by atoms with van der Waals surface area (Å²) in [5.74, 6) is -0.119. The highest BCUT2D eigenvalue weighted by atomic mass is 35.5. The minimum atomic E-state index is -0.648. The summed E-state index contributed by atoms with van der Waals surface area (Å²) in [6.07, 6.45) is 3.43. The molecule has 0 aromatic heterocycles. The smallest absolute Gasteiger partial charge is 0.260 e. The van der Waals surface area contributed by atoms with E-state index in [1.807, 2.05) is 6.92 Å². The number of halogens is 2. The summed E-state index contributed by atoms with van der Waals surface area (Å²) in [4.78, 5) is 14.6. The average molecular weight is 356 g/mol. The molecule has 1 saturated carbocycles. The predicted molar refractivity (Wildman–Crippen MR) is 90.5 cm³/mol. The quantitative estimate of drug-likeness (QED) is 0.869. The van der Waals surface area contributed by atoms with Gasteiger partial charge in [-0.3, -0.25) is 4.79 Å². The SMILES string of the molecule is CCOCN1C(=O)C(c2ccc(Cl)cc2Cl)=C(O)C12CCCC2. The third kappa shape index (κ3) is 2.63. The number of rotatable bonds is 4. The Bertz CT molecular complexity index is 666. The van der Waals surface area contributed by atoms with Crippen molar-refractivity contribution in [3.8, 4) is 0 Å². The molecule has 0 radical (unpaired) electrons. The maximum absolute atomic E-state index is 13.0. The number of aliphatic hydroxyl groups is 1. The molecule has 1 fully saturated rings. The Morgan fingerprint density at radius 3 is 2.61 bits per heavy atom. The molecule has 0 atom stereocenters. The fourth-order valence-corrected chi connectivity index (χ4v) is 4.06. The first-order valence-electron chi connectivity index (χ1n) is 7.80. The van der Waals surface area contributed by atoms with Crippen molar-refractivity contribution >= 4 is 34.7 Å². The molecule has 1 aromatic rings. The van der Waals surface area contributed by atoms with E-state index in [-0.39, 0.29) is 24.0 Å². The van der Waals surface area contributed by atoms with Gasteiger partial charge in [0.1, 0.15) is 18.0 Å². The highest BCUT2D eigenvalue weighted by molar-refractivity contribution is 6.37. The molecule has 3 rings (SSSR count). The highest BCUT2D eigenvalue weighted by Gasteiger charge is 2.53. The lowest BCUT2D eigenvalue weighted by Crippen LogP contribution is -2.47. The van der Waals surface area contributed by atoms with Crippen molar-refractivity contribution in [2.45, 2.75) is 38.1 Å². The number of amides is 1. The van der Waals surface area contributed by atoms with Gasteiger partial charge >= 0.3 is 0 Å². The lowest BCUT2D eigenvalue weighted by Gasteiger charge is -2.34. The van der Waals surface area contributed by atoms with Crippen LogP contribution < -0.4 is 0 Å². The molecule has 1 aliphatic heterocycles. The van der Waals surface area contributed by atoms with Gasteiger partial charge in [-0.05, 0) is 31.9 Å². The molecule has 1 N–H and O–H groups in total. The van der Waals surface area contributed by atoms with E-state index in [4.69, 9.17) is 27.9 Å². The molecular formula is C17H19Cl2NO3. The molecule has 1 spiro atoms. The van der Waals surface area contributed by atoms with Crippen LogP contribution in [0.3, 0.4) is 0 Å². The predicted octanol–water partition coefficient (Wildman–Crippen LogP) is 4.41. The first-order chi connectivity index (χ1) is 11.0. The Hall–Kier alpha value is -1.23. The van der Waals surface area contributed by atoms with Gasteiger partial charge in [0.2, 0.25) is 0 Å². The van der Waals surface area contributed by atoms with Gasteiger partial charge in [0, 0.05) is 17.2 Å². The average Bonchev–Trinajstić information content (AvgIpc) is 3.06. The molecule has 0 unspecified atom stereocenters. The second kappa shape index (κ2) is 6.34. The van der Waals surface area contributed by atoms with Gasteiger partial charge < -0.3 is 14.7 Å². The number of hydrogen-bond donors (Lipinski definition) is 1. The Morgan fingerprint density at radius 1 is 1.30 bits per heavy atom. The van der Waals surface area contributed by atoms with Crippen LogP contribution >= 0.6 is 23.2 Å². The monoisotopic (exact) mass is 355 g/mol. The van der Waals surface area contributed by atoms with Crippen molar-refractivity contribution in [2.24, 2.45) is 0 Å². The number of nitrogens with zero attached hydrogens (tertiary/aromatic N) is 1. The zero-order valence-electron chi connectivity index (χ0n) is 12.9. The van der Waals surface area contributed by atoms with Crippen LogP contribution in [0.2, 0.25) is 10.0 Å². The topological polar surface area (TPSA) is 49.8 Å². The van der Waals surface area contributed by atoms with Crippen molar-refractivity contribution in [3.63, 3.8) is 0 Å². The summed E-state index contributed by atoms with van der Waals surface area (Å²) >= 11 is 12.2. The maximum Gasteiger partial charge on any atom is 0.260 e. The van der Waals surface area contributed by atoms with Crippen LogP contribution in [0.5, 0.6) is 0 Å². The summed E-state index contributed by atoms with van der Waals surface area (Å²) in [7, 11) is 0. The van der Waals surface area contributed by atoms with E-state index in [9.17, 15) is 9.90 Å². The van der Waals surface area contributed by atoms with Crippen LogP contribution in [0, 0.1) is 0 Å². The summed E-state index contributed by atoms with van der Waals surface area (Å²) in [5.41, 5.74) is 0.141. The number of benzene rings is 1. The Kier molecular flexibility index (Phi) is 4.59. The number of aliphatic hydroxyl groups excluding tert-OH is 1. The van der Waals surface area contributed by atoms with Gasteiger partial charge in [0.15, 0.2) is 0 Å². The zero-order chi connectivity index (χ0) is 16.6. The minimum Gasteiger partial charge on any atom is -0.509 e. The van der Waals surface area contributed by atoms with Gasteiger partial charge in [-0.1, -0.05) is 42.1 Å². The van der Waals surface area contributed by atoms with Crippen molar-refractivity contribution in [1.82, 2.24) is 4.90 Å². The second-order valence-corrected chi connectivity index (χ2v) is 6.79. The third-order valence-electron chi connectivity index (χ3n) is 4.71. The minimum absolute atomic E-state index is 0.115. The van der Waals surface area contributed by atoms with E-state index < -0.39 is 5.54 Å². The molecule has 6 heteroatoms. The summed E-state index contributed by atoms with van der Waals surface area (Å²) in [6.45, 7) is 2.57. The maximum atomic E-state index is 13.0. The molecule has 1 heterocycles. The van der Waals surface area contributed by atoms with E-state index in [1.54, 1.807) is 23.1 Å². The van der Waals surface area contributed by atoms with Gasteiger partial charge in [-0.2, -0.15) is 0 Å². The number of carbonyl (C=O) groups is 1. The van der Waals surface area contributed by atoms with Gasteiger partial charge in [0.05, 0.1) is 10.6 Å². The largest absolute Gasteiger partial charge is 0.509 e. The summed E-state index contributed by atoms with van der Waals surface area (Å²) < 4.78 is 5.47. The Balaban J connectivity index is 2.08. The molecule has 1 aliphatic carbocycles. The lowest BCUT2D eigenvalue weighted by molar-refractivity contribution is -0.135. The van der Waals surface area contributed by atoms with Crippen LogP contribution in [-0.4, -0.2) is 34.8 Å². The van der Waals surface area contributed by atoms with Gasteiger partial charge in [0.25, 0.3) is 5.91 Å². The highest BCUT2D eigenvalue weighted by Crippen LogP contribution is 2.49. The molecule has 1 aromatic carbocycles. The molecule has 1 amide bonds. The molecule has 4 nitrogen and oxygen atoms in total. The third-order valence-corrected chi connectivity index (χ3v) is 5.26. The summed E-state index contributed by atoms with van der Waals surface area (Å²) in [6, 6.07) is 4.93. The van der Waals surface area contributed by atoms with E-state index in [0.717, 1.165) is 25.7 Å². The van der Waals surface area contributed by atoms with Crippen molar-refractivity contribution in [1.29, 1.82) is 0 Å².